The van der Waals surface area contributed by atoms with Crippen molar-refractivity contribution < 1.29 is 88.3 Å². The number of allylic oxidation sites excluding steroid dienone is 6. The molecular weight excluding hydrogens is 1110 g/mol. The van der Waals surface area contributed by atoms with E-state index >= 15 is 0 Å². The van der Waals surface area contributed by atoms with Crippen LogP contribution in [0, 0.1) is 20.2 Å². The van der Waals surface area contributed by atoms with E-state index in [1.807, 2.05) is 0 Å². The maximum Gasteiger partial charge on any atom is 0.269 e. The van der Waals surface area contributed by atoms with E-state index in [9.17, 15) is 29.8 Å². The van der Waals surface area contributed by atoms with Crippen LogP contribution >= 0.6 is 0 Å². The van der Waals surface area contributed by atoms with E-state index in [-0.39, 0.29) is 84.8 Å². The van der Waals surface area contributed by atoms with E-state index in [0.29, 0.717) is 36.1 Å². The summed E-state index contributed by atoms with van der Waals surface area (Å²) in [7, 11) is 13.5. The minimum absolute atomic E-state index is 0. The third-order valence-corrected chi connectivity index (χ3v) is 11.6. The number of nitro groups is 2. The molecule has 2 aliphatic rings. The zero-order valence-corrected chi connectivity index (χ0v) is 48.2. The predicted molar refractivity (Wildman–Crippen MR) is 283 cm³/mol. The van der Waals surface area contributed by atoms with Crippen LogP contribution in [0.3, 0.4) is 0 Å². The topological polar surface area (TPSA) is 188 Å². The summed E-state index contributed by atoms with van der Waals surface area (Å²) in [5.74, 6) is 0.618. The molecule has 0 saturated carbocycles. The van der Waals surface area contributed by atoms with Crippen molar-refractivity contribution in [3.63, 3.8) is 0 Å². The molecule has 0 radical (unpaired) electrons. The number of hydrogen-bond acceptors (Lipinski definition) is 12. The number of halogens is 2. The first-order chi connectivity index (χ1) is 33.5. The van der Waals surface area contributed by atoms with Crippen LogP contribution in [-0.2, 0) is 35.6 Å². The molecule has 0 aliphatic heterocycles. The first-order valence-electron chi connectivity index (χ1n) is 25.4. The van der Waals surface area contributed by atoms with Gasteiger partial charge in [0.05, 0.1) is 89.8 Å². The molecule has 0 fully saturated rings. The van der Waals surface area contributed by atoms with Crippen molar-refractivity contribution in [3.8, 4) is 0 Å². The Bertz CT molecular complexity index is 1970. The molecule has 19 heteroatoms. The number of carbonyl (C=O) groups excluding carboxylic acids is 2. The largest absolute Gasteiger partial charge is 1.00 e. The smallest absolute Gasteiger partial charge is 0.269 e. The van der Waals surface area contributed by atoms with Crippen molar-refractivity contribution in [2.45, 2.75) is 128 Å². The first-order valence-corrected chi connectivity index (χ1v) is 25.4. The summed E-state index contributed by atoms with van der Waals surface area (Å²) in [5, 5.41) is 29.6. The van der Waals surface area contributed by atoms with Gasteiger partial charge in [-0.2, -0.15) is 10.2 Å². The molecule has 0 heterocycles. The zero-order chi connectivity index (χ0) is 51.0. The number of nitro benzene ring substituents is 2. The van der Waals surface area contributed by atoms with E-state index in [2.05, 4.69) is 63.3 Å². The fourth-order valence-corrected chi connectivity index (χ4v) is 7.50. The molecule has 2 aromatic rings. The number of anilines is 2. The van der Waals surface area contributed by atoms with Crippen LogP contribution in [0.4, 0.5) is 22.7 Å². The number of non-ortho nitro benzene ring substituents is 2. The van der Waals surface area contributed by atoms with E-state index < -0.39 is 9.85 Å². The van der Waals surface area contributed by atoms with E-state index in [4.69, 9.17) is 9.47 Å². The number of quaternary nitrogens is 2. The summed E-state index contributed by atoms with van der Waals surface area (Å²) in [5.41, 5.74) is 7.12. The Morgan fingerprint density at radius 3 is 0.986 bits per heavy atom. The number of rotatable bonds is 34. The number of hydrazone groups is 2. The molecule has 2 N–H and O–H groups in total. The summed E-state index contributed by atoms with van der Waals surface area (Å²) in [4.78, 5) is 45.0. The van der Waals surface area contributed by atoms with E-state index in [0.717, 1.165) is 34.6 Å². The van der Waals surface area contributed by atoms with Crippen molar-refractivity contribution in [2.24, 2.45) is 10.2 Å². The molecule has 0 bridgehead atoms. The molecule has 0 unspecified atom stereocenters. The van der Waals surface area contributed by atoms with Gasteiger partial charge in [-0.15, -0.1) is 0 Å². The van der Waals surface area contributed by atoms with Crippen molar-refractivity contribution in [1.82, 2.24) is 0 Å². The second-order valence-corrected chi connectivity index (χ2v) is 20.1. The average Bonchev–Trinajstić information content (AvgIpc) is 3.31. The first kappa shape index (κ1) is 68.5. The van der Waals surface area contributed by atoms with Gasteiger partial charge in [-0.3, -0.25) is 40.7 Å². The summed E-state index contributed by atoms with van der Waals surface area (Å²) < 4.78 is 13.6. The molecule has 2 aliphatic carbocycles. The van der Waals surface area contributed by atoms with Gasteiger partial charge in [-0.25, -0.2) is 0 Å². The molecule has 0 saturated heterocycles. The maximum atomic E-state index is 12.3. The normalized spacial score (nSPS) is 14.2. The third kappa shape index (κ3) is 33.1. The van der Waals surface area contributed by atoms with Gasteiger partial charge in [-0.1, -0.05) is 89.9 Å². The van der Waals surface area contributed by atoms with Crippen molar-refractivity contribution in [3.05, 3.63) is 117 Å². The van der Waals surface area contributed by atoms with Crippen LogP contribution in [0.2, 0.25) is 0 Å². The summed E-state index contributed by atoms with van der Waals surface area (Å²) in [6.07, 6.45) is 34.9. The SMILES string of the molecule is C[N+](C)(C)CCCCCCCCCCCCOC1=CC(=O)/C(=N/Nc2ccc([N+](=O)[O-])cc2)C=C1.C[N+](C)(C)CCCCCCCCCCCCOC1=CC(=O)/C(=N\Nc2ccc([N+](=O)[O-])cc2)C=C1.[Br-].[Br-].[Ni]. The molecule has 16 nitrogen and oxygen atoms in total. The van der Waals surface area contributed by atoms with Gasteiger partial charge in [0, 0.05) is 52.9 Å². The minimum atomic E-state index is -0.466. The number of ketones is 2. The number of benzene rings is 2. The second-order valence-electron chi connectivity index (χ2n) is 20.1. The third-order valence-electron chi connectivity index (χ3n) is 11.6. The standard InChI is InChI=1S/2C27H40N4O4.2BrH.Ni/c2*1-31(2,3)20-12-10-8-6-4-5-7-9-11-13-21-35-25-18-19-26(27(32)22-25)29-28-23-14-16-24(17-15-23)30(33)34;;;/h2*14-19,22H,4-13,20-21H2,1-3H3;2*1H;. The maximum absolute atomic E-state index is 12.3. The van der Waals surface area contributed by atoms with Crippen LogP contribution in [0.25, 0.3) is 0 Å². The molecule has 0 spiro atoms. The van der Waals surface area contributed by atoms with Crippen LogP contribution in [0.15, 0.2) is 107 Å². The summed E-state index contributed by atoms with van der Waals surface area (Å²) >= 11 is 0. The van der Waals surface area contributed by atoms with Crippen LogP contribution in [-0.4, -0.2) is 110 Å². The van der Waals surface area contributed by atoms with Crippen molar-refractivity contribution >= 4 is 45.7 Å². The number of nitrogens with zero attached hydrogens (tertiary/aromatic N) is 6. The Morgan fingerprint density at radius 1 is 0.452 bits per heavy atom. The van der Waals surface area contributed by atoms with Gasteiger partial charge < -0.3 is 52.4 Å². The Balaban J connectivity index is 0.00000136. The number of unbranched alkanes of at least 4 members (excludes halogenated alkanes) is 18. The fourth-order valence-electron chi connectivity index (χ4n) is 7.50. The van der Waals surface area contributed by atoms with Crippen LogP contribution in [0.5, 0.6) is 0 Å². The summed E-state index contributed by atoms with van der Waals surface area (Å²) in [6, 6.07) is 11.7. The fraction of sp³-hybridized carbons (Fsp3) is 0.556. The zero-order valence-electron chi connectivity index (χ0n) is 44.1. The van der Waals surface area contributed by atoms with Gasteiger partial charge in [0.1, 0.15) is 22.9 Å². The number of carbonyl (C=O) groups is 2. The number of hydrogen-bond donors (Lipinski definition) is 2. The Morgan fingerprint density at radius 2 is 0.726 bits per heavy atom. The van der Waals surface area contributed by atoms with E-state index in [1.54, 1.807) is 24.3 Å². The van der Waals surface area contributed by atoms with Gasteiger partial charge in [0.15, 0.2) is 0 Å². The predicted octanol–water partition coefficient (Wildman–Crippen LogP) is 6.02. The monoisotopic (exact) mass is 1190 g/mol. The Hall–Kier alpha value is -4.55. The number of ether oxygens (including phenoxy) is 2. The summed E-state index contributed by atoms with van der Waals surface area (Å²) in [6.45, 7) is 3.73. The average molecular weight is 1190 g/mol. The molecule has 0 amide bonds. The van der Waals surface area contributed by atoms with Gasteiger partial charge in [-0.05, 0) is 87.1 Å². The second kappa shape index (κ2) is 38.9. The van der Waals surface area contributed by atoms with Gasteiger partial charge in [0.25, 0.3) is 11.4 Å². The molecule has 4 rings (SSSR count). The molecule has 0 aromatic heterocycles. The van der Waals surface area contributed by atoms with Crippen molar-refractivity contribution in [2.75, 3.05) is 79.4 Å². The van der Waals surface area contributed by atoms with Crippen LogP contribution in [0.1, 0.15) is 128 Å². The molecule has 73 heavy (non-hydrogen) atoms. The molecule has 2 aromatic carbocycles. The van der Waals surface area contributed by atoms with Gasteiger partial charge in [0.2, 0.25) is 11.6 Å². The van der Waals surface area contributed by atoms with Crippen molar-refractivity contribution in [1.29, 1.82) is 0 Å². The minimum Gasteiger partial charge on any atom is -1.00 e. The Kier molecular flexibility index (Phi) is 36.5. The Labute approximate surface area is 466 Å². The van der Waals surface area contributed by atoms with E-state index in [1.165, 1.54) is 177 Å². The molecule has 0 atom stereocenters. The van der Waals surface area contributed by atoms with Gasteiger partial charge >= 0.3 is 0 Å². The quantitative estimate of drug-likeness (QED) is 0.0210. The molecular formula is C54H82Br2N8NiO8. The molecule has 410 valence electrons. The van der Waals surface area contributed by atoms with Crippen LogP contribution < -0.4 is 44.8 Å². The number of nitrogens with one attached hydrogen (secondary N) is 2.